The molecule has 20 heavy (non-hydrogen) atoms. The number of halogens is 1. The quantitative estimate of drug-likeness (QED) is 0.756. The van der Waals surface area contributed by atoms with Crippen LogP contribution in [-0.2, 0) is 16.0 Å². The van der Waals surface area contributed by atoms with Gasteiger partial charge in [0.1, 0.15) is 6.04 Å². The third kappa shape index (κ3) is 4.21. The Kier molecular flexibility index (Phi) is 4.98. The van der Waals surface area contributed by atoms with Gasteiger partial charge in [0.15, 0.2) is 0 Å². The van der Waals surface area contributed by atoms with Gasteiger partial charge in [-0.2, -0.15) is 0 Å². The Hall–Kier alpha value is -1.59. The SMILES string of the molecule is CC(Cc1cccc(Cl)c1)NC(=O)C1CNC(=O)CN1. The molecule has 0 bridgehead atoms. The standard InChI is InChI=1S/C14H18ClN3O2/c1-9(5-10-3-2-4-11(15)6-10)18-14(20)12-7-17-13(19)8-16-12/h2-4,6,9,12,16H,5,7-8H2,1H3,(H,17,19)(H,18,20). The van der Waals surface area contributed by atoms with Crippen LogP contribution in [0.15, 0.2) is 24.3 Å². The second kappa shape index (κ2) is 6.72. The van der Waals surface area contributed by atoms with E-state index >= 15 is 0 Å². The highest BCUT2D eigenvalue weighted by Crippen LogP contribution is 2.12. The summed E-state index contributed by atoms with van der Waals surface area (Å²) in [5, 5.41) is 9.19. The van der Waals surface area contributed by atoms with Crippen molar-refractivity contribution in [3.63, 3.8) is 0 Å². The molecule has 1 fully saturated rings. The highest BCUT2D eigenvalue weighted by Gasteiger charge is 2.24. The molecule has 0 aromatic heterocycles. The Balaban J connectivity index is 1.83. The molecule has 2 unspecified atom stereocenters. The maximum Gasteiger partial charge on any atom is 0.239 e. The predicted octanol–water partition coefficient (Wildman–Crippen LogP) is 0.475. The van der Waals surface area contributed by atoms with Crippen LogP contribution in [0.5, 0.6) is 0 Å². The molecular weight excluding hydrogens is 278 g/mol. The number of hydrogen-bond donors (Lipinski definition) is 3. The van der Waals surface area contributed by atoms with Gasteiger partial charge in [0.25, 0.3) is 0 Å². The second-order valence-electron chi connectivity index (χ2n) is 4.98. The van der Waals surface area contributed by atoms with Gasteiger partial charge >= 0.3 is 0 Å². The molecule has 2 amide bonds. The van der Waals surface area contributed by atoms with Crippen LogP contribution >= 0.6 is 11.6 Å². The minimum atomic E-state index is -0.366. The van der Waals surface area contributed by atoms with Gasteiger partial charge in [0.05, 0.1) is 6.54 Å². The molecule has 5 nitrogen and oxygen atoms in total. The first-order valence-electron chi connectivity index (χ1n) is 6.59. The second-order valence-corrected chi connectivity index (χ2v) is 5.42. The Labute approximate surface area is 123 Å². The highest BCUT2D eigenvalue weighted by molar-refractivity contribution is 6.30. The summed E-state index contributed by atoms with van der Waals surface area (Å²) in [5.41, 5.74) is 1.08. The van der Waals surface area contributed by atoms with Crippen LogP contribution < -0.4 is 16.0 Å². The van der Waals surface area contributed by atoms with E-state index in [-0.39, 0.29) is 30.4 Å². The van der Waals surface area contributed by atoms with Crippen LogP contribution in [0.25, 0.3) is 0 Å². The molecule has 1 heterocycles. The van der Waals surface area contributed by atoms with E-state index in [1.807, 2.05) is 31.2 Å². The van der Waals surface area contributed by atoms with Crippen molar-refractivity contribution in [1.82, 2.24) is 16.0 Å². The summed E-state index contributed by atoms with van der Waals surface area (Å²) in [6.45, 7) is 2.45. The fourth-order valence-electron chi connectivity index (χ4n) is 2.16. The summed E-state index contributed by atoms with van der Waals surface area (Å²) in [5.74, 6) is -0.180. The van der Waals surface area contributed by atoms with Crippen molar-refractivity contribution in [2.24, 2.45) is 0 Å². The fourth-order valence-corrected chi connectivity index (χ4v) is 2.38. The van der Waals surface area contributed by atoms with Crippen molar-refractivity contribution in [2.75, 3.05) is 13.1 Å². The van der Waals surface area contributed by atoms with E-state index in [0.29, 0.717) is 18.0 Å². The Morgan fingerprint density at radius 2 is 2.35 bits per heavy atom. The zero-order valence-electron chi connectivity index (χ0n) is 11.3. The molecule has 0 radical (unpaired) electrons. The van der Waals surface area contributed by atoms with Gasteiger partial charge in [0.2, 0.25) is 11.8 Å². The van der Waals surface area contributed by atoms with Gasteiger partial charge in [-0.15, -0.1) is 0 Å². The molecule has 3 N–H and O–H groups in total. The Morgan fingerprint density at radius 3 is 3.00 bits per heavy atom. The molecule has 0 aliphatic carbocycles. The third-order valence-electron chi connectivity index (χ3n) is 3.15. The lowest BCUT2D eigenvalue weighted by molar-refractivity contribution is -0.126. The van der Waals surface area contributed by atoms with Crippen LogP contribution in [0.4, 0.5) is 0 Å². The molecule has 2 rings (SSSR count). The van der Waals surface area contributed by atoms with Crippen molar-refractivity contribution in [2.45, 2.75) is 25.4 Å². The number of piperazine rings is 1. The zero-order chi connectivity index (χ0) is 14.5. The first-order valence-corrected chi connectivity index (χ1v) is 6.97. The van der Waals surface area contributed by atoms with Crippen molar-refractivity contribution in [3.8, 4) is 0 Å². The first kappa shape index (κ1) is 14.8. The molecule has 0 saturated carbocycles. The average molecular weight is 296 g/mol. The normalized spacial score (nSPS) is 20.1. The summed E-state index contributed by atoms with van der Waals surface area (Å²) < 4.78 is 0. The maximum absolute atomic E-state index is 12.0. The van der Waals surface area contributed by atoms with E-state index in [0.717, 1.165) is 5.56 Å². The summed E-state index contributed by atoms with van der Waals surface area (Å²) in [4.78, 5) is 23.0. The van der Waals surface area contributed by atoms with E-state index in [1.54, 1.807) is 0 Å². The third-order valence-corrected chi connectivity index (χ3v) is 3.38. The zero-order valence-corrected chi connectivity index (χ0v) is 12.0. The van der Waals surface area contributed by atoms with E-state index in [1.165, 1.54) is 0 Å². The molecule has 108 valence electrons. The first-order chi connectivity index (χ1) is 9.54. The summed E-state index contributed by atoms with van der Waals surface area (Å²) in [6.07, 6.45) is 0.714. The molecule has 1 aromatic rings. The van der Waals surface area contributed by atoms with Crippen LogP contribution in [0, 0.1) is 0 Å². The number of hydrogen-bond acceptors (Lipinski definition) is 3. The highest BCUT2D eigenvalue weighted by atomic mass is 35.5. The van der Waals surface area contributed by atoms with Crippen LogP contribution in [0.1, 0.15) is 12.5 Å². The van der Waals surface area contributed by atoms with Gasteiger partial charge in [-0.3, -0.25) is 14.9 Å². The molecule has 2 atom stereocenters. The Bertz CT molecular complexity index is 497. The van der Waals surface area contributed by atoms with Gasteiger partial charge in [-0.05, 0) is 31.0 Å². The van der Waals surface area contributed by atoms with Crippen molar-refractivity contribution >= 4 is 23.4 Å². The minimum Gasteiger partial charge on any atom is -0.353 e. The van der Waals surface area contributed by atoms with Gasteiger partial charge in [-0.25, -0.2) is 0 Å². The molecule has 6 heteroatoms. The summed E-state index contributed by atoms with van der Waals surface area (Å²) in [7, 11) is 0. The molecule has 0 spiro atoms. The molecule has 1 aromatic carbocycles. The van der Waals surface area contributed by atoms with Crippen LogP contribution in [0.3, 0.4) is 0 Å². The maximum atomic E-state index is 12.0. The lowest BCUT2D eigenvalue weighted by Gasteiger charge is -2.25. The number of nitrogens with one attached hydrogen (secondary N) is 3. The van der Waals surface area contributed by atoms with E-state index in [2.05, 4.69) is 16.0 Å². The lowest BCUT2D eigenvalue weighted by atomic mass is 10.1. The number of rotatable bonds is 4. The fraction of sp³-hybridized carbons (Fsp3) is 0.429. The minimum absolute atomic E-state index is 0.000365. The van der Waals surface area contributed by atoms with E-state index < -0.39 is 0 Å². The lowest BCUT2D eigenvalue weighted by Crippen LogP contribution is -2.59. The van der Waals surface area contributed by atoms with Gasteiger partial charge < -0.3 is 10.6 Å². The monoisotopic (exact) mass is 295 g/mol. The van der Waals surface area contributed by atoms with Gasteiger partial charge in [-0.1, -0.05) is 23.7 Å². The van der Waals surface area contributed by atoms with Crippen molar-refractivity contribution in [1.29, 1.82) is 0 Å². The molecule has 1 saturated heterocycles. The van der Waals surface area contributed by atoms with E-state index in [4.69, 9.17) is 11.6 Å². The molecular formula is C14H18ClN3O2. The smallest absolute Gasteiger partial charge is 0.239 e. The molecule has 1 aliphatic heterocycles. The summed E-state index contributed by atoms with van der Waals surface area (Å²) in [6, 6.07) is 7.22. The van der Waals surface area contributed by atoms with Crippen molar-refractivity contribution < 1.29 is 9.59 Å². The Morgan fingerprint density at radius 1 is 1.55 bits per heavy atom. The average Bonchev–Trinajstić information content (AvgIpc) is 2.39. The van der Waals surface area contributed by atoms with Crippen LogP contribution in [-0.4, -0.2) is 37.0 Å². The van der Waals surface area contributed by atoms with Gasteiger partial charge in [0, 0.05) is 17.6 Å². The molecule has 1 aliphatic rings. The predicted molar refractivity (Wildman–Crippen MR) is 77.6 cm³/mol. The van der Waals surface area contributed by atoms with E-state index in [9.17, 15) is 9.59 Å². The number of benzene rings is 1. The number of carbonyl (C=O) groups is 2. The largest absolute Gasteiger partial charge is 0.353 e. The topological polar surface area (TPSA) is 70.2 Å². The summed E-state index contributed by atoms with van der Waals surface area (Å²) >= 11 is 5.93. The van der Waals surface area contributed by atoms with Crippen LogP contribution in [0.2, 0.25) is 5.02 Å². The number of carbonyl (C=O) groups excluding carboxylic acids is 2. The number of amides is 2. The van der Waals surface area contributed by atoms with Crippen molar-refractivity contribution in [3.05, 3.63) is 34.9 Å².